The van der Waals surface area contributed by atoms with E-state index in [9.17, 15) is 10.1 Å². The molecule has 146 valence electrons. The fraction of sp³-hybridized carbons (Fsp3) is 0.217. The van der Waals surface area contributed by atoms with E-state index < -0.39 is 5.97 Å². The summed E-state index contributed by atoms with van der Waals surface area (Å²) in [5, 5.41) is 11.4. The number of rotatable bonds is 6. The van der Waals surface area contributed by atoms with E-state index in [2.05, 4.69) is 15.6 Å². The van der Waals surface area contributed by atoms with Crippen molar-refractivity contribution in [3.63, 3.8) is 0 Å². The summed E-state index contributed by atoms with van der Waals surface area (Å²) < 4.78 is 13.1. The summed E-state index contributed by atoms with van der Waals surface area (Å²) in [5.74, 6) is -0.518. The van der Waals surface area contributed by atoms with Crippen molar-refractivity contribution < 1.29 is 14.3 Å². The summed E-state index contributed by atoms with van der Waals surface area (Å²) in [5.41, 5.74) is 4.33. The molecule has 0 amide bonds. The Morgan fingerprint density at radius 1 is 1.21 bits per heavy atom. The Labute approximate surface area is 168 Å². The van der Waals surface area contributed by atoms with Crippen LogP contribution < -0.4 is 0 Å². The van der Waals surface area contributed by atoms with Gasteiger partial charge in [0.25, 0.3) is 0 Å². The molecule has 0 aliphatic heterocycles. The number of aromatic nitrogens is 2. The van der Waals surface area contributed by atoms with Gasteiger partial charge in [0.05, 0.1) is 24.3 Å². The Kier molecular flexibility index (Phi) is 5.07. The van der Waals surface area contributed by atoms with Crippen LogP contribution >= 0.6 is 0 Å². The zero-order valence-corrected chi connectivity index (χ0v) is 16.4. The standard InChI is InChI=1S/C23H21N3O3/c1-3-29-23(27)22-18(12-24)21-17-11-15(2)26(20(17)10-9-19(21)25-22)14-28-13-16-7-5-4-6-8-16/h4-11,25H,3,13-14H2,1-2H3. The monoisotopic (exact) mass is 387 g/mol. The van der Waals surface area contributed by atoms with Gasteiger partial charge < -0.3 is 19.0 Å². The van der Waals surface area contributed by atoms with E-state index in [1.165, 1.54) is 0 Å². The second kappa shape index (κ2) is 7.82. The number of carbonyl (C=O) groups is 1. The van der Waals surface area contributed by atoms with Gasteiger partial charge in [0.15, 0.2) is 0 Å². The van der Waals surface area contributed by atoms with Crippen molar-refractivity contribution in [2.45, 2.75) is 27.2 Å². The number of hydrogen-bond donors (Lipinski definition) is 1. The highest BCUT2D eigenvalue weighted by Gasteiger charge is 2.21. The predicted octanol–water partition coefficient (Wildman–Crippen LogP) is 4.65. The number of hydrogen-bond acceptors (Lipinski definition) is 4. The summed E-state index contributed by atoms with van der Waals surface area (Å²) in [6, 6.07) is 18.1. The lowest BCUT2D eigenvalue weighted by Crippen LogP contribution is -2.06. The SMILES string of the molecule is CCOC(=O)c1[nH]c2ccc3c(cc(C)n3COCc3ccccc3)c2c1C#N. The molecule has 4 aromatic rings. The van der Waals surface area contributed by atoms with Gasteiger partial charge in [-0.3, -0.25) is 0 Å². The lowest BCUT2D eigenvalue weighted by Gasteiger charge is -2.09. The third-order valence-electron chi connectivity index (χ3n) is 4.98. The number of aryl methyl sites for hydroxylation is 1. The Balaban J connectivity index is 1.73. The molecule has 0 saturated heterocycles. The zero-order chi connectivity index (χ0) is 20.4. The molecule has 0 unspecified atom stereocenters. The molecule has 0 spiro atoms. The van der Waals surface area contributed by atoms with Crippen LogP contribution in [0.3, 0.4) is 0 Å². The van der Waals surface area contributed by atoms with Gasteiger partial charge in [0.2, 0.25) is 0 Å². The number of carbonyl (C=O) groups excluding carboxylic acids is 1. The molecule has 2 aromatic carbocycles. The summed E-state index contributed by atoms with van der Waals surface area (Å²) in [4.78, 5) is 15.3. The Bertz CT molecular complexity index is 1230. The minimum atomic E-state index is -0.518. The number of ether oxygens (including phenoxy) is 2. The second-order valence-electron chi connectivity index (χ2n) is 6.81. The first kappa shape index (κ1) is 18.8. The van der Waals surface area contributed by atoms with E-state index in [1.54, 1.807) is 6.92 Å². The van der Waals surface area contributed by atoms with Crippen LogP contribution in [0.1, 0.15) is 34.2 Å². The molecule has 6 nitrogen and oxygen atoms in total. The van der Waals surface area contributed by atoms with E-state index in [0.29, 0.717) is 18.9 Å². The van der Waals surface area contributed by atoms with Crippen LogP contribution in [0.25, 0.3) is 21.8 Å². The molecule has 0 saturated carbocycles. The molecule has 0 atom stereocenters. The van der Waals surface area contributed by atoms with Crippen molar-refractivity contribution in [3.8, 4) is 6.07 Å². The summed E-state index contributed by atoms with van der Waals surface area (Å²) in [6.07, 6.45) is 0. The first-order valence-electron chi connectivity index (χ1n) is 9.47. The average Bonchev–Trinajstić information content (AvgIpc) is 3.26. The minimum absolute atomic E-state index is 0.197. The van der Waals surface area contributed by atoms with Gasteiger partial charge in [0, 0.05) is 22.0 Å². The zero-order valence-electron chi connectivity index (χ0n) is 16.4. The largest absolute Gasteiger partial charge is 0.461 e. The van der Waals surface area contributed by atoms with Crippen molar-refractivity contribution in [1.29, 1.82) is 5.26 Å². The van der Waals surface area contributed by atoms with Crippen LogP contribution in [0.15, 0.2) is 48.5 Å². The van der Waals surface area contributed by atoms with Gasteiger partial charge in [-0.2, -0.15) is 5.26 Å². The van der Waals surface area contributed by atoms with Gasteiger partial charge in [-0.05, 0) is 37.6 Å². The van der Waals surface area contributed by atoms with E-state index >= 15 is 0 Å². The van der Waals surface area contributed by atoms with Crippen LogP contribution in [0.5, 0.6) is 0 Å². The van der Waals surface area contributed by atoms with Crippen molar-refractivity contribution in [1.82, 2.24) is 9.55 Å². The Morgan fingerprint density at radius 3 is 2.72 bits per heavy atom. The van der Waals surface area contributed by atoms with Crippen LogP contribution in [-0.2, 0) is 22.8 Å². The lowest BCUT2D eigenvalue weighted by atomic mass is 10.1. The number of nitrogens with one attached hydrogen (secondary N) is 1. The predicted molar refractivity (Wildman–Crippen MR) is 110 cm³/mol. The van der Waals surface area contributed by atoms with Crippen molar-refractivity contribution >= 4 is 27.8 Å². The highest BCUT2D eigenvalue weighted by Crippen LogP contribution is 2.32. The highest BCUT2D eigenvalue weighted by atomic mass is 16.5. The maximum absolute atomic E-state index is 12.2. The van der Waals surface area contributed by atoms with Crippen LogP contribution in [0, 0.1) is 18.3 Å². The maximum Gasteiger partial charge on any atom is 0.356 e. The number of benzene rings is 2. The molecular formula is C23H21N3O3. The Morgan fingerprint density at radius 2 is 2.00 bits per heavy atom. The molecule has 2 aromatic heterocycles. The van der Waals surface area contributed by atoms with Gasteiger partial charge >= 0.3 is 5.97 Å². The topological polar surface area (TPSA) is 80.0 Å². The molecule has 0 aliphatic rings. The van der Waals surface area contributed by atoms with Gasteiger partial charge in [-0.25, -0.2) is 4.79 Å². The number of H-pyrrole nitrogens is 1. The quantitative estimate of drug-likeness (QED) is 0.488. The van der Waals surface area contributed by atoms with Crippen LogP contribution in [-0.4, -0.2) is 22.1 Å². The van der Waals surface area contributed by atoms with Crippen LogP contribution in [0.4, 0.5) is 0 Å². The second-order valence-corrected chi connectivity index (χ2v) is 6.81. The molecule has 0 radical (unpaired) electrons. The third kappa shape index (κ3) is 3.37. The molecule has 6 heteroatoms. The van der Waals surface area contributed by atoms with E-state index in [1.807, 2.05) is 55.5 Å². The maximum atomic E-state index is 12.2. The van der Waals surface area contributed by atoms with Crippen molar-refractivity contribution in [3.05, 3.63) is 71.0 Å². The van der Waals surface area contributed by atoms with Crippen molar-refractivity contribution in [2.24, 2.45) is 0 Å². The third-order valence-corrected chi connectivity index (χ3v) is 4.98. The number of fused-ring (bicyclic) bond motifs is 3. The Hall–Kier alpha value is -3.56. The first-order chi connectivity index (χ1) is 14.1. The average molecular weight is 387 g/mol. The molecular weight excluding hydrogens is 366 g/mol. The van der Waals surface area contributed by atoms with E-state index in [4.69, 9.17) is 9.47 Å². The van der Waals surface area contributed by atoms with E-state index in [-0.39, 0.29) is 12.3 Å². The molecule has 2 heterocycles. The summed E-state index contributed by atoms with van der Waals surface area (Å²) >= 11 is 0. The molecule has 0 aliphatic carbocycles. The first-order valence-corrected chi connectivity index (χ1v) is 9.47. The lowest BCUT2D eigenvalue weighted by molar-refractivity contribution is 0.0520. The van der Waals surface area contributed by atoms with Gasteiger partial charge in [-0.1, -0.05) is 30.3 Å². The minimum Gasteiger partial charge on any atom is -0.461 e. The smallest absolute Gasteiger partial charge is 0.356 e. The van der Waals surface area contributed by atoms with Crippen LogP contribution in [0.2, 0.25) is 0 Å². The number of esters is 1. The molecule has 4 rings (SSSR count). The summed E-state index contributed by atoms with van der Waals surface area (Å²) in [6.45, 7) is 4.91. The number of aromatic amines is 1. The number of nitrogens with zero attached hydrogens (tertiary/aromatic N) is 2. The fourth-order valence-electron chi connectivity index (χ4n) is 3.63. The molecule has 0 bridgehead atoms. The molecule has 29 heavy (non-hydrogen) atoms. The molecule has 0 fully saturated rings. The fourth-order valence-corrected chi connectivity index (χ4v) is 3.63. The normalized spacial score (nSPS) is 11.1. The van der Waals surface area contributed by atoms with E-state index in [0.717, 1.165) is 33.1 Å². The number of nitriles is 1. The highest BCUT2D eigenvalue weighted by molar-refractivity contribution is 6.12. The van der Waals surface area contributed by atoms with Gasteiger partial charge in [-0.15, -0.1) is 0 Å². The molecule has 1 N–H and O–H groups in total. The summed E-state index contributed by atoms with van der Waals surface area (Å²) in [7, 11) is 0. The van der Waals surface area contributed by atoms with Gasteiger partial charge in [0.1, 0.15) is 18.5 Å². The van der Waals surface area contributed by atoms with Crippen molar-refractivity contribution in [2.75, 3.05) is 6.61 Å².